The molecule has 234 valence electrons. The summed E-state index contributed by atoms with van der Waals surface area (Å²) < 4.78 is 19.8. The maximum absolute atomic E-state index is 13.2. The zero-order chi connectivity index (χ0) is 32.0. The molecule has 44 heavy (non-hydrogen) atoms. The Morgan fingerprint density at radius 3 is 2.80 bits per heavy atom. The van der Waals surface area contributed by atoms with Gasteiger partial charge in [0.2, 0.25) is 0 Å². The van der Waals surface area contributed by atoms with E-state index >= 15 is 0 Å². The normalized spacial score (nSPS) is 18.5. The van der Waals surface area contributed by atoms with Crippen molar-refractivity contribution >= 4 is 57.8 Å². The molecular weight excluding hydrogens is 619 g/mol. The Labute approximate surface area is 259 Å². The van der Waals surface area contributed by atoms with E-state index in [9.17, 15) is 33.8 Å². The topological polar surface area (TPSA) is 184 Å². The molecule has 17 heteroatoms. The van der Waals surface area contributed by atoms with Gasteiger partial charge in [0.1, 0.15) is 28.4 Å². The van der Waals surface area contributed by atoms with Crippen LogP contribution in [0.2, 0.25) is 0 Å². The summed E-state index contributed by atoms with van der Waals surface area (Å²) in [5.74, 6) is -2.62. The van der Waals surface area contributed by atoms with Crippen LogP contribution in [0.5, 0.6) is 0 Å². The van der Waals surface area contributed by atoms with Crippen LogP contribution < -0.4 is 15.2 Å². The Morgan fingerprint density at radius 1 is 1.34 bits per heavy atom. The van der Waals surface area contributed by atoms with Crippen molar-refractivity contribution in [2.24, 2.45) is 5.16 Å². The van der Waals surface area contributed by atoms with Crippen molar-refractivity contribution in [3.05, 3.63) is 64.6 Å². The fourth-order valence-electron chi connectivity index (χ4n) is 4.20. The van der Waals surface area contributed by atoms with Gasteiger partial charge in [0.05, 0.1) is 6.61 Å². The number of fused-ring (bicyclic) bond motifs is 1. The van der Waals surface area contributed by atoms with Crippen molar-refractivity contribution in [2.75, 3.05) is 17.9 Å². The van der Waals surface area contributed by atoms with Crippen molar-refractivity contribution in [1.29, 1.82) is 0 Å². The number of allylic oxidation sites excluding steroid dienone is 2. The Morgan fingerprint density at radius 2 is 2.11 bits per heavy atom. The molecule has 2 aliphatic rings. The second-order valence-electron chi connectivity index (χ2n) is 10.4. The van der Waals surface area contributed by atoms with Gasteiger partial charge in [0, 0.05) is 22.8 Å². The second-order valence-corrected chi connectivity index (χ2v) is 12.3. The SMILES string of the molecule is CC(C)(C)OC(=O)Nc1nc(C(=NOCF)C(=O)N[C@@H]2C(=O)N3C(C(=O)O)=C(C=CC[n+]4cccc(CO)c4)CS[C@@H]23)cs1. The molecule has 0 unspecified atom stereocenters. The minimum Gasteiger partial charge on any atom is -0.477 e. The molecule has 2 atom stereocenters. The van der Waals surface area contributed by atoms with Crippen molar-refractivity contribution < 1.29 is 47.9 Å². The molecule has 4 N–H and O–H groups in total. The summed E-state index contributed by atoms with van der Waals surface area (Å²) in [6.45, 7) is 4.00. The van der Waals surface area contributed by atoms with E-state index < -0.39 is 53.5 Å². The number of oxime groups is 1. The lowest BCUT2D eigenvalue weighted by molar-refractivity contribution is -0.687. The predicted octanol–water partition coefficient (Wildman–Crippen LogP) is 1.91. The number of carboxylic acids is 1. The number of anilines is 1. The molecule has 1 saturated heterocycles. The summed E-state index contributed by atoms with van der Waals surface area (Å²) >= 11 is 2.21. The number of hydrogen-bond acceptors (Lipinski definition) is 11. The Kier molecular flexibility index (Phi) is 10.3. The number of nitrogens with zero attached hydrogens (tertiary/aromatic N) is 4. The summed E-state index contributed by atoms with van der Waals surface area (Å²) in [7, 11) is 0. The number of halogens is 1. The number of aliphatic carboxylic acids is 1. The van der Waals surface area contributed by atoms with Crippen LogP contribution in [0.3, 0.4) is 0 Å². The molecule has 14 nitrogen and oxygen atoms in total. The van der Waals surface area contributed by atoms with Gasteiger partial charge in [0.25, 0.3) is 18.7 Å². The van der Waals surface area contributed by atoms with Crippen LogP contribution in [-0.4, -0.2) is 79.3 Å². The predicted molar refractivity (Wildman–Crippen MR) is 157 cm³/mol. The summed E-state index contributed by atoms with van der Waals surface area (Å²) in [5, 5.41) is 28.4. The largest absolute Gasteiger partial charge is 0.477 e. The standard InChI is InChI=1S/C27H29FN6O8S2/c1-27(2,3)42-26(40)31-25-29-17(13-44-25)18(32-41-14-28)21(36)30-19-22(37)34-20(24(38)39)16(12-43-23(19)34)7-5-9-33-8-4-6-15(10-33)11-35/h4-8,10,13,19,23,35H,9,11-12,14H2,1-3H3,(H2-,29,30,31,36,38,39,40)/p+1/t19-,23+/m1/s1. The second kappa shape index (κ2) is 14.0. The lowest BCUT2D eigenvalue weighted by Crippen LogP contribution is -2.71. The highest BCUT2D eigenvalue weighted by Crippen LogP contribution is 2.40. The van der Waals surface area contributed by atoms with Crippen LogP contribution >= 0.6 is 23.1 Å². The van der Waals surface area contributed by atoms with Gasteiger partial charge in [-0.25, -0.2) is 23.5 Å². The van der Waals surface area contributed by atoms with E-state index in [0.29, 0.717) is 12.1 Å². The number of rotatable bonds is 11. The van der Waals surface area contributed by atoms with Crippen molar-refractivity contribution in [2.45, 2.75) is 50.9 Å². The number of ether oxygens (including phenoxy) is 1. The molecule has 1 fully saturated rings. The third kappa shape index (κ3) is 7.78. The Balaban J connectivity index is 1.46. The van der Waals surface area contributed by atoms with Gasteiger partial charge < -0.3 is 25.1 Å². The molecule has 0 saturated carbocycles. The number of amides is 3. The van der Waals surface area contributed by atoms with E-state index in [1.54, 1.807) is 57.4 Å². The third-order valence-corrected chi connectivity index (χ3v) is 8.06. The number of aromatic nitrogens is 2. The molecule has 4 rings (SSSR count). The fourth-order valence-corrected chi connectivity index (χ4v) is 6.20. The van der Waals surface area contributed by atoms with E-state index in [4.69, 9.17) is 4.74 Å². The fraction of sp³-hybridized carbons (Fsp3) is 0.370. The first-order chi connectivity index (χ1) is 20.9. The number of alkyl halides is 1. The van der Waals surface area contributed by atoms with Gasteiger partial charge in [-0.1, -0.05) is 11.2 Å². The number of nitrogens with one attached hydrogen (secondary N) is 2. The highest BCUT2D eigenvalue weighted by Gasteiger charge is 2.54. The minimum atomic E-state index is -1.34. The zero-order valence-electron chi connectivity index (χ0n) is 23.9. The minimum absolute atomic E-state index is 0.0622. The summed E-state index contributed by atoms with van der Waals surface area (Å²) in [4.78, 5) is 60.2. The number of hydrogen-bond donors (Lipinski definition) is 4. The maximum Gasteiger partial charge on any atom is 0.413 e. The van der Waals surface area contributed by atoms with Crippen LogP contribution in [0.4, 0.5) is 14.3 Å². The van der Waals surface area contributed by atoms with Crippen LogP contribution in [-0.2, 0) is 37.1 Å². The molecule has 2 aromatic heterocycles. The lowest BCUT2D eigenvalue weighted by atomic mass is 10.0. The van der Waals surface area contributed by atoms with E-state index in [2.05, 4.69) is 25.6 Å². The van der Waals surface area contributed by atoms with E-state index in [0.717, 1.165) is 21.8 Å². The summed E-state index contributed by atoms with van der Waals surface area (Å²) in [6, 6.07) is 2.45. The molecule has 2 aromatic rings. The van der Waals surface area contributed by atoms with Gasteiger partial charge >= 0.3 is 12.1 Å². The molecule has 0 aromatic carbocycles. The van der Waals surface area contributed by atoms with Crippen LogP contribution in [0.1, 0.15) is 32.0 Å². The van der Waals surface area contributed by atoms with Gasteiger partial charge in [-0.3, -0.25) is 19.8 Å². The monoisotopic (exact) mass is 649 g/mol. The molecule has 0 radical (unpaired) electrons. The van der Waals surface area contributed by atoms with E-state index in [-0.39, 0.29) is 28.9 Å². The number of thiazole rings is 1. The highest BCUT2D eigenvalue weighted by molar-refractivity contribution is 8.00. The number of aliphatic hydroxyl groups is 1. The average molecular weight is 650 g/mol. The molecule has 4 heterocycles. The molecule has 0 spiro atoms. The van der Waals surface area contributed by atoms with Crippen molar-refractivity contribution in [3.63, 3.8) is 0 Å². The Bertz CT molecular complexity index is 1540. The van der Waals surface area contributed by atoms with E-state index in [1.165, 1.54) is 17.1 Å². The van der Waals surface area contributed by atoms with Gasteiger partial charge in [-0.05, 0) is 38.5 Å². The number of carboxylic acid groups (broad SMARTS) is 1. The molecule has 2 aliphatic heterocycles. The third-order valence-electron chi connectivity index (χ3n) is 6.00. The number of thioether (sulfide) groups is 1. The molecular formula is C27H30FN6O8S2+. The summed E-state index contributed by atoms with van der Waals surface area (Å²) in [6.07, 6.45) is 6.16. The number of carbonyl (C=O) groups excluding carboxylic acids is 3. The molecule has 0 bridgehead atoms. The first kappa shape index (κ1) is 32.6. The molecule has 3 amide bonds. The Hall–Kier alpha value is -4.35. The lowest BCUT2D eigenvalue weighted by Gasteiger charge is -2.49. The quantitative estimate of drug-likeness (QED) is 0.121. The molecule has 0 aliphatic carbocycles. The average Bonchev–Trinajstić information content (AvgIpc) is 3.42. The maximum atomic E-state index is 13.2. The van der Waals surface area contributed by atoms with Gasteiger partial charge in [-0.15, -0.1) is 23.1 Å². The number of pyridine rings is 1. The van der Waals surface area contributed by atoms with Crippen LogP contribution in [0.15, 0.2) is 58.5 Å². The number of carbonyl (C=O) groups is 4. The smallest absolute Gasteiger partial charge is 0.413 e. The van der Waals surface area contributed by atoms with E-state index in [1.807, 2.05) is 4.57 Å². The van der Waals surface area contributed by atoms with Gasteiger partial charge in [0.15, 0.2) is 29.8 Å². The first-order valence-electron chi connectivity index (χ1n) is 13.1. The van der Waals surface area contributed by atoms with Crippen LogP contribution in [0.25, 0.3) is 0 Å². The van der Waals surface area contributed by atoms with Gasteiger partial charge in [-0.2, -0.15) is 0 Å². The van der Waals surface area contributed by atoms with Crippen LogP contribution in [0, 0.1) is 0 Å². The number of β-lactam (4-membered cyclic amide) rings is 1. The van der Waals surface area contributed by atoms with Crippen molar-refractivity contribution in [1.82, 2.24) is 15.2 Å². The summed E-state index contributed by atoms with van der Waals surface area (Å²) in [5.41, 5.74) is -0.329. The first-order valence-corrected chi connectivity index (χ1v) is 15.0. The highest BCUT2D eigenvalue weighted by atomic mass is 32.2. The zero-order valence-corrected chi connectivity index (χ0v) is 25.5. The van der Waals surface area contributed by atoms with Crippen molar-refractivity contribution in [3.8, 4) is 0 Å². The number of aliphatic hydroxyl groups excluding tert-OH is 1.